The van der Waals surface area contributed by atoms with Gasteiger partial charge < -0.3 is 9.47 Å². The predicted molar refractivity (Wildman–Crippen MR) is 72.2 cm³/mol. The molecule has 0 N–H and O–H groups in total. The minimum atomic E-state index is -0.534. The summed E-state index contributed by atoms with van der Waals surface area (Å²) >= 11 is 0. The van der Waals surface area contributed by atoms with Crippen LogP contribution in [-0.2, 0) is 4.74 Å². The maximum atomic E-state index is 10.9. The van der Waals surface area contributed by atoms with E-state index in [1.165, 1.54) is 18.2 Å². The molecule has 6 nitrogen and oxygen atoms in total. The zero-order valence-corrected chi connectivity index (χ0v) is 11.1. The van der Waals surface area contributed by atoms with Crippen molar-refractivity contribution >= 4 is 12.0 Å². The Hall–Kier alpha value is -1.95. The average Bonchev–Trinajstić information content (AvgIpc) is 2.96. The number of carbonyl (C=O) groups is 1. The molecule has 1 aliphatic rings. The van der Waals surface area contributed by atoms with Crippen molar-refractivity contribution in [1.29, 1.82) is 0 Å². The van der Waals surface area contributed by atoms with E-state index in [9.17, 15) is 14.9 Å². The minimum Gasteiger partial charge on any atom is -0.493 e. The third-order valence-electron chi connectivity index (χ3n) is 3.28. The van der Waals surface area contributed by atoms with E-state index in [2.05, 4.69) is 0 Å². The molecule has 1 unspecified atom stereocenters. The Balaban J connectivity index is 1.85. The number of hydrogen-bond acceptors (Lipinski definition) is 5. The SMILES string of the molecule is O=Cc1cc([N+](=O)[O-])ccc1OCCCC1CCCO1. The highest BCUT2D eigenvalue weighted by Crippen LogP contribution is 2.23. The Kier molecular flexibility index (Phi) is 5.06. The second kappa shape index (κ2) is 7.00. The standard InChI is InChI=1S/C14H17NO5/c16-10-11-9-12(15(17)18)5-6-14(11)20-8-2-4-13-3-1-7-19-13/h5-6,9-10,13H,1-4,7-8H2. The number of ether oxygens (including phenoxy) is 2. The van der Waals surface area contributed by atoms with Crippen molar-refractivity contribution in [3.8, 4) is 5.75 Å². The molecule has 1 fully saturated rings. The second-order valence-electron chi connectivity index (χ2n) is 4.72. The minimum absolute atomic E-state index is 0.112. The highest BCUT2D eigenvalue weighted by atomic mass is 16.6. The molecule has 1 aromatic rings. The van der Waals surface area contributed by atoms with Gasteiger partial charge >= 0.3 is 0 Å². The Morgan fingerprint density at radius 3 is 3.00 bits per heavy atom. The number of benzene rings is 1. The van der Waals surface area contributed by atoms with E-state index in [-0.39, 0.29) is 11.3 Å². The lowest BCUT2D eigenvalue weighted by molar-refractivity contribution is -0.384. The zero-order valence-electron chi connectivity index (χ0n) is 11.1. The predicted octanol–water partition coefficient (Wildman–Crippen LogP) is 2.75. The van der Waals surface area contributed by atoms with E-state index in [1.807, 2.05) is 0 Å². The van der Waals surface area contributed by atoms with Crippen LogP contribution in [0.15, 0.2) is 18.2 Å². The van der Waals surface area contributed by atoms with Gasteiger partial charge in [0.1, 0.15) is 5.75 Å². The molecule has 20 heavy (non-hydrogen) atoms. The molecule has 108 valence electrons. The number of carbonyl (C=O) groups excluding carboxylic acids is 1. The molecule has 0 aromatic heterocycles. The number of non-ortho nitro benzene ring substituents is 1. The summed E-state index contributed by atoms with van der Waals surface area (Å²) in [6.07, 6.45) is 4.87. The normalized spacial score (nSPS) is 17.9. The van der Waals surface area contributed by atoms with Gasteiger partial charge in [0.2, 0.25) is 0 Å². The number of nitro benzene ring substituents is 1. The summed E-state index contributed by atoms with van der Waals surface area (Å²) < 4.78 is 11.0. The van der Waals surface area contributed by atoms with Crippen LogP contribution in [0, 0.1) is 10.1 Å². The molecule has 0 radical (unpaired) electrons. The maximum absolute atomic E-state index is 10.9. The monoisotopic (exact) mass is 279 g/mol. The molecule has 6 heteroatoms. The van der Waals surface area contributed by atoms with Crippen LogP contribution in [-0.4, -0.2) is 30.5 Å². The van der Waals surface area contributed by atoms with E-state index in [4.69, 9.17) is 9.47 Å². The topological polar surface area (TPSA) is 78.7 Å². The van der Waals surface area contributed by atoms with Gasteiger partial charge in [-0.25, -0.2) is 0 Å². The van der Waals surface area contributed by atoms with E-state index in [0.29, 0.717) is 24.7 Å². The van der Waals surface area contributed by atoms with Crippen molar-refractivity contribution in [3.05, 3.63) is 33.9 Å². The van der Waals surface area contributed by atoms with Gasteiger partial charge in [-0.15, -0.1) is 0 Å². The Morgan fingerprint density at radius 1 is 1.50 bits per heavy atom. The smallest absolute Gasteiger partial charge is 0.270 e. The highest BCUT2D eigenvalue weighted by molar-refractivity contribution is 5.80. The Morgan fingerprint density at radius 2 is 2.35 bits per heavy atom. The maximum Gasteiger partial charge on any atom is 0.270 e. The van der Waals surface area contributed by atoms with Crippen LogP contribution < -0.4 is 4.74 Å². The summed E-state index contributed by atoms with van der Waals surface area (Å²) in [5, 5.41) is 10.6. The van der Waals surface area contributed by atoms with E-state index < -0.39 is 4.92 Å². The van der Waals surface area contributed by atoms with E-state index >= 15 is 0 Å². The number of rotatable bonds is 7. The van der Waals surface area contributed by atoms with Crippen molar-refractivity contribution in [2.24, 2.45) is 0 Å². The number of nitrogens with zero attached hydrogens (tertiary/aromatic N) is 1. The lowest BCUT2D eigenvalue weighted by Gasteiger charge is -2.11. The van der Waals surface area contributed by atoms with Crippen LogP contribution in [0.25, 0.3) is 0 Å². The Labute approximate surface area is 116 Å². The first-order valence-electron chi connectivity index (χ1n) is 6.68. The van der Waals surface area contributed by atoms with E-state index in [1.54, 1.807) is 0 Å². The summed E-state index contributed by atoms with van der Waals surface area (Å²) in [4.78, 5) is 21.0. The average molecular weight is 279 g/mol. The molecule has 1 atom stereocenters. The van der Waals surface area contributed by atoms with Crippen LogP contribution in [0.4, 0.5) is 5.69 Å². The summed E-state index contributed by atoms with van der Waals surface area (Å²) in [7, 11) is 0. The fraction of sp³-hybridized carbons (Fsp3) is 0.500. The second-order valence-corrected chi connectivity index (χ2v) is 4.72. The van der Waals surface area contributed by atoms with Gasteiger partial charge in [-0.2, -0.15) is 0 Å². The van der Waals surface area contributed by atoms with Crippen molar-refractivity contribution < 1.29 is 19.2 Å². The number of nitro groups is 1. The van der Waals surface area contributed by atoms with Crippen molar-refractivity contribution in [2.75, 3.05) is 13.2 Å². The van der Waals surface area contributed by atoms with Crippen LogP contribution in [0.1, 0.15) is 36.0 Å². The summed E-state index contributed by atoms with van der Waals surface area (Å²) in [5.74, 6) is 0.387. The summed E-state index contributed by atoms with van der Waals surface area (Å²) in [6, 6.07) is 4.03. The van der Waals surface area contributed by atoms with Gasteiger partial charge in [-0.1, -0.05) is 0 Å². The first-order chi connectivity index (χ1) is 9.70. The van der Waals surface area contributed by atoms with Crippen LogP contribution in [0.5, 0.6) is 5.75 Å². The third kappa shape index (κ3) is 3.77. The molecular weight excluding hydrogens is 262 g/mol. The molecule has 0 saturated carbocycles. The van der Waals surface area contributed by atoms with Crippen LogP contribution in [0.3, 0.4) is 0 Å². The van der Waals surface area contributed by atoms with Crippen LogP contribution >= 0.6 is 0 Å². The number of hydrogen-bond donors (Lipinski definition) is 0. The van der Waals surface area contributed by atoms with Gasteiger partial charge in [0.05, 0.1) is 23.2 Å². The molecule has 0 spiro atoms. The zero-order chi connectivity index (χ0) is 14.4. The Bertz CT molecular complexity index is 482. The molecule has 1 saturated heterocycles. The number of aldehydes is 1. The van der Waals surface area contributed by atoms with Gasteiger partial charge in [0, 0.05) is 18.7 Å². The quantitative estimate of drug-likeness (QED) is 0.332. The van der Waals surface area contributed by atoms with Gasteiger partial charge in [0.25, 0.3) is 5.69 Å². The molecule has 0 aliphatic carbocycles. The molecule has 1 aromatic carbocycles. The van der Waals surface area contributed by atoms with Crippen molar-refractivity contribution in [2.45, 2.75) is 31.8 Å². The first-order valence-corrected chi connectivity index (χ1v) is 6.68. The fourth-order valence-electron chi connectivity index (χ4n) is 2.24. The van der Waals surface area contributed by atoms with Gasteiger partial charge in [-0.05, 0) is 31.7 Å². The highest BCUT2D eigenvalue weighted by Gasteiger charge is 2.15. The molecule has 0 amide bonds. The molecular formula is C14H17NO5. The van der Waals surface area contributed by atoms with Gasteiger partial charge in [0.15, 0.2) is 6.29 Å². The molecule has 2 rings (SSSR count). The summed E-state index contributed by atoms with van der Waals surface area (Å²) in [5.41, 5.74) is 0.0927. The summed E-state index contributed by atoms with van der Waals surface area (Å²) in [6.45, 7) is 1.31. The fourth-order valence-corrected chi connectivity index (χ4v) is 2.24. The molecule has 1 heterocycles. The molecule has 1 aliphatic heterocycles. The molecule has 0 bridgehead atoms. The largest absolute Gasteiger partial charge is 0.493 e. The first kappa shape index (κ1) is 14.5. The van der Waals surface area contributed by atoms with Gasteiger partial charge in [-0.3, -0.25) is 14.9 Å². The lowest BCUT2D eigenvalue weighted by atomic mass is 10.1. The van der Waals surface area contributed by atoms with Crippen LogP contribution in [0.2, 0.25) is 0 Å². The third-order valence-corrected chi connectivity index (χ3v) is 3.28. The van der Waals surface area contributed by atoms with Crippen molar-refractivity contribution in [1.82, 2.24) is 0 Å². The lowest BCUT2D eigenvalue weighted by Crippen LogP contribution is -2.08. The van der Waals surface area contributed by atoms with E-state index in [0.717, 1.165) is 32.3 Å². The van der Waals surface area contributed by atoms with Crippen molar-refractivity contribution in [3.63, 3.8) is 0 Å².